The van der Waals surface area contributed by atoms with Crippen molar-refractivity contribution < 1.29 is 14.6 Å². The molecule has 0 aliphatic carbocycles. The Kier molecular flexibility index (Phi) is 6.01. The summed E-state index contributed by atoms with van der Waals surface area (Å²) >= 11 is 0. The molecule has 0 aromatic carbocycles. The smallest absolute Gasteiger partial charge is 0.407 e. The third-order valence-corrected chi connectivity index (χ3v) is 1.58. The second kappa shape index (κ2) is 6.45. The van der Waals surface area contributed by atoms with Gasteiger partial charge in [0.25, 0.3) is 0 Å². The van der Waals surface area contributed by atoms with Gasteiger partial charge in [0.15, 0.2) is 0 Å². The normalized spacial score (nSPS) is 13.1. The summed E-state index contributed by atoms with van der Waals surface area (Å²) in [5.74, 6) is 0. The van der Waals surface area contributed by atoms with E-state index in [9.17, 15) is 9.90 Å². The number of carbonyl (C=O) groups excluding carboxylic acids is 1. The number of aliphatic hydroxyl groups excluding tert-OH is 1. The molecule has 4 nitrogen and oxygen atoms in total. The zero-order valence-corrected chi connectivity index (χ0v) is 9.75. The lowest BCUT2D eigenvalue weighted by molar-refractivity contribution is 0.0489. The number of carbonyl (C=O) groups is 1. The lowest BCUT2D eigenvalue weighted by Gasteiger charge is -2.20. The molecule has 0 heterocycles. The van der Waals surface area contributed by atoms with Gasteiger partial charge < -0.3 is 15.2 Å². The number of alkyl carbamates (subject to hydrolysis) is 1. The van der Waals surface area contributed by atoms with Crippen molar-refractivity contribution in [1.29, 1.82) is 0 Å². The summed E-state index contributed by atoms with van der Waals surface area (Å²) in [5.41, 5.74) is -0.504. The van der Waals surface area contributed by atoms with Crippen molar-refractivity contribution in [1.82, 2.24) is 5.32 Å². The number of ether oxygens (including phenoxy) is 1. The van der Waals surface area contributed by atoms with E-state index < -0.39 is 17.8 Å². The fourth-order valence-electron chi connectivity index (χ4n) is 0.928. The van der Waals surface area contributed by atoms with Crippen LogP contribution >= 0.6 is 0 Å². The lowest BCUT2D eigenvalue weighted by atomic mass is 10.2. The van der Waals surface area contributed by atoms with E-state index in [1.165, 1.54) is 0 Å². The summed E-state index contributed by atoms with van der Waals surface area (Å²) in [7, 11) is 0. The van der Waals surface area contributed by atoms with Gasteiger partial charge in [-0.05, 0) is 33.6 Å². The van der Waals surface area contributed by atoms with Crippen LogP contribution in [0.3, 0.4) is 0 Å². The average molecular weight is 215 g/mol. The Morgan fingerprint density at radius 1 is 1.60 bits per heavy atom. The van der Waals surface area contributed by atoms with Crippen LogP contribution in [0.1, 0.15) is 33.6 Å². The van der Waals surface area contributed by atoms with Crippen molar-refractivity contribution in [2.24, 2.45) is 0 Å². The fourth-order valence-corrected chi connectivity index (χ4v) is 0.928. The number of aliphatic hydroxyl groups is 1. The van der Waals surface area contributed by atoms with Gasteiger partial charge in [-0.3, -0.25) is 0 Å². The van der Waals surface area contributed by atoms with Crippen molar-refractivity contribution in [3.63, 3.8) is 0 Å². The van der Waals surface area contributed by atoms with Crippen LogP contribution < -0.4 is 5.32 Å². The molecule has 0 aromatic heterocycles. The molecule has 1 unspecified atom stereocenters. The van der Waals surface area contributed by atoms with Gasteiger partial charge >= 0.3 is 6.09 Å². The molecule has 0 fully saturated rings. The topological polar surface area (TPSA) is 58.6 Å². The molecule has 1 amide bonds. The Hall–Kier alpha value is -1.03. The Morgan fingerprint density at radius 3 is 2.67 bits per heavy atom. The largest absolute Gasteiger partial charge is 0.444 e. The van der Waals surface area contributed by atoms with Crippen molar-refractivity contribution in [3.8, 4) is 0 Å². The van der Waals surface area contributed by atoms with Crippen LogP contribution in [0.5, 0.6) is 0 Å². The highest BCUT2D eigenvalue weighted by Crippen LogP contribution is 2.06. The number of nitrogens with one attached hydrogen (secondary N) is 1. The SMILES string of the molecule is C=CCCC(O)CNC(=O)OC(C)(C)C. The van der Waals surface area contributed by atoms with Crippen LogP contribution in [-0.4, -0.2) is 29.4 Å². The van der Waals surface area contributed by atoms with Crippen LogP contribution in [0, 0.1) is 0 Å². The molecule has 0 aromatic rings. The van der Waals surface area contributed by atoms with Crippen molar-refractivity contribution in [2.45, 2.75) is 45.3 Å². The molecule has 4 heteroatoms. The molecule has 0 saturated carbocycles. The molecule has 0 saturated heterocycles. The Labute approximate surface area is 91.3 Å². The highest BCUT2D eigenvalue weighted by molar-refractivity contribution is 5.67. The molecular formula is C11H21NO3. The number of hydrogen-bond acceptors (Lipinski definition) is 3. The van der Waals surface area contributed by atoms with Gasteiger partial charge in [-0.1, -0.05) is 6.08 Å². The summed E-state index contributed by atoms with van der Waals surface area (Å²) in [4.78, 5) is 11.2. The van der Waals surface area contributed by atoms with Gasteiger partial charge in [0, 0.05) is 6.54 Å². The maximum absolute atomic E-state index is 11.2. The zero-order valence-electron chi connectivity index (χ0n) is 9.75. The van der Waals surface area contributed by atoms with Crippen LogP contribution in [0.15, 0.2) is 12.7 Å². The van der Waals surface area contributed by atoms with E-state index in [0.29, 0.717) is 6.42 Å². The molecule has 0 aliphatic heterocycles. The molecule has 88 valence electrons. The molecule has 0 aliphatic rings. The quantitative estimate of drug-likeness (QED) is 0.688. The van der Waals surface area contributed by atoms with Crippen molar-refractivity contribution >= 4 is 6.09 Å². The van der Waals surface area contributed by atoms with E-state index in [2.05, 4.69) is 11.9 Å². The van der Waals surface area contributed by atoms with Crippen LogP contribution in [0.25, 0.3) is 0 Å². The minimum Gasteiger partial charge on any atom is -0.444 e. The van der Waals surface area contributed by atoms with E-state index in [1.54, 1.807) is 26.8 Å². The predicted molar refractivity (Wildman–Crippen MR) is 59.7 cm³/mol. The predicted octanol–water partition coefficient (Wildman–Crippen LogP) is 1.84. The van der Waals surface area contributed by atoms with E-state index in [0.717, 1.165) is 6.42 Å². The average Bonchev–Trinajstić information content (AvgIpc) is 2.08. The molecule has 0 radical (unpaired) electrons. The van der Waals surface area contributed by atoms with E-state index >= 15 is 0 Å². The van der Waals surface area contributed by atoms with E-state index in [4.69, 9.17) is 4.74 Å². The zero-order chi connectivity index (χ0) is 11.9. The summed E-state index contributed by atoms with van der Waals surface area (Å²) in [6, 6.07) is 0. The monoisotopic (exact) mass is 215 g/mol. The molecule has 2 N–H and O–H groups in total. The van der Waals surface area contributed by atoms with Crippen LogP contribution in [0.2, 0.25) is 0 Å². The Morgan fingerprint density at radius 2 is 2.20 bits per heavy atom. The van der Waals surface area contributed by atoms with Gasteiger partial charge in [0.1, 0.15) is 5.60 Å². The molecule has 0 rings (SSSR count). The summed E-state index contributed by atoms with van der Waals surface area (Å²) in [5, 5.41) is 11.9. The highest BCUT2D eigenvalue weighted by Gasteiger charge is 2.16. The number of rotatable bonds is 5. The summed E-state index contributed by atoms with van der Waals surface area (Å²) < 4.78 is 5.01. The van der Waals surface area contributed by atoms with Crippen molar-refractivity contribution in [2.75, 3.05) is 6.54 Å². The molecule has 0 spiro atoms. The lowest BCUT2D eigenvalue weighted by Crippen LogP contribution is -2.36. The second-order valence-electron chi connectivity index (χ2n) is 4.40. The minimum absolute atomic E-state index is 0.211. The highest BCUT2D eigenvalue weighted by atomic mass is 16.6. The first-order chi connectivity index (χ1) is 6.85. The van der Waals surface area contributed by atoms with Gasteiger partial charge in [0.05, 0.1) is 6.10 Å². The van der Waals surface area contributed by atoms with Crippen LogP contribution in [0.4, 0.5) is 4.79 Å². The van der Waals surface area contributed by atoms with Gasteiger partial charge in [-0.25, -0.2) is 4.79 Å². The summed E-state index contributed by atoms with van der Waals surface area (Å²) in [6.07, 6.45) is 2.02. The minimum atomic E-state index is -0.546. The maximum Gasteiger partial charge on any atom is 0.407 e. The van der Waals surface area contributed by atoms with Crippen molar-refractivity contribution in [3.05, 3.63) is 12.7 Å². The van der Waals surface area contributed by atoms with Gasteiger partial charge in [0.2, 0.25) is 0 Å². The number of allylic oxidation sites excluding steroid dienone is 1. The molecular weight excluding hydrogens is 194 g/mol. The van der Waals surface area contributed by atoms with E-state index in [-0.39, 0.29) is 6.54 Å². The molecule has 0 bridgehead atoms. The van der Waals surface area contributed by atoms with Gasteiger partial charge in [-0.2, -0.15) is 0 Å². The summed E-state index contributed by atoms with van der Waals surface area (Å²) in [6.45, 7) is 9.14. The first-order valence-electron chi connectivity index (χ1n) is 5.11. The third-order valence-electron chi connectivity index (χ3n) is 1.58. The molecule has 15 heavy (non-hydrogen) atoms. The number of hydrogen-bond donors (Lipinski definition) is 2. The first-order valence-corrected chi connectivity index (χ1v) is 5.11. The standard InChI is InChI=1S/C11H21NO3/c1-5-6-7-9(13)8-12-10(14)15-11(2,3)4/h5,9,13H,1,6-8H2,2-4H3,(H,12,14). The Bertz CT molecular complexity index is 208. The fraction of sp³-hybridized carbons (Fsp3) is 0.727. The van der Waals surface area contributed by atoms with E-state index in [1.807, 2.05) is 0 Å². The molecule has 1 atom stereocenters. The number of amides is 1. The van der Waals surface area contributed by atoms with Gasteiger partial charge in [-0.15, -0.1) is 6.58 Å². The second-order valence-corrected chi connectivity index (χ2v) is 4.40. The first kappa shape index (κ1) is 14.0. The Balaban J connectivity index is 3.66. The third kappa shape index (κ3) is 9.28. The maximum atomic E-state index is 11.2. The van der Waals surface area contributed by atoms with Crippen LogP contribution in [-0.2, 0) is 4.74 Å².